The van der Waals surface area contributed by atoms with Crippen LogP contribution in [0, 0.1) is 69.0 Å². The number of carbonyl (C=O) groups excluding carboxylic acids is 3. The maximum absolute atomic E-state index is 14.6. The number of nitriles is 1. The highest BCUT2D eigenvalue weighted by atomic mass is 16.6. The lowest BCUT2D eigenvalue weighted by molar-refractivity contribution is -0.193. The molecular formula is C35H43NO7. The first-order valence-corrected chi connectivity index (χ1v) is 15.7. The van der Waals surface area contributed by atoms with E-state index in [0.717, 1.165) is 31.3 Å². The lowest BCUT2D eigenvalue weighted by atomic mass is 9.35. The molecule has 0 N–H and O–H groups in total. The second-order valence-electron chi connectivity index (χ2n) is 15.6. The molecule has 0 aromatic carbocycles. The van der Waals surface area contributed by atoms with Crippen LogP contribution in [-0.2, 0) is 25.7 Å². The van der Waals surface area contributed by atoms with Gasteiger partial charge in [0.1, 0.15) is 6.07 Å². The van der Waals surface area contributed by atoms with E-state index in [4.69, 9.17) is 13.6 Å². The SMILES string of the molecule is Cc1oc(=O)oc1COC(=O)[C@]12CCC(C)(C)CC1C1C(=O)C=C3[C@@]4(C)C=C(C#N)C(=O)[C@H](C)C4CC[C@@]3(C)C1(C)CC2. The summed E-state index contributed by atoms with van der Waals surface area (Å²) in [5.41, 5.74) is -0.941. The average Bonchev–Trinajstić information content (AvgIpc) is 3.26. The summed E-state index contributed by atoms with van der Waals surface area (Å²) in [6.45, 7) is 14.4. The average molecular weight is 590 g/mol. The molecule has 5 aliphatic carbocycles. The fraction of sp³-hybridized carbons (Fsp3) is 0.686. The molecule has 0 radical (unpaired) electrons. The highest BCUT2D eigenvalue weighted by Crippen LogP contribution is 2.74. The van der Waals surface area contributed by atoms with Gasteiger partial charge >= 0.3 is 11.8 Å². The molecule has 230 valence electrons. The molecule has 0 bridgehead atoms. The van der Waals surface area contributed by atoms with Gasteiger partial charge in [0.25, 0.3) is 0 Å². The van der Waals surface area contributed by atoms with Gasteiger partial charge < -0.3 is 13.6 Å². The Bertz CT molecular complexity index is 1580. The topological polar surface area (TPSA) is 128 Å². The molecule has 1 aromatic rings. The number of hydrogen-bond acceptors (Lipinski definition) is 8. The second-order valence-corrected chi connectivity index (χ2v) is 15.6. The Kier molecular flexibility index (Phi) is 6.52. The Morgan fingerprint density at radius 1 is 1.02 bits per heavy atom. The molecule has 1 aromatic heterocycles. The Labute approximate surface area is 252 Å². The third-order valence-corrected chi connectivity index (χ3v) is 13.1. The van der Waals surface area contributed by atoms with Gasteiger partial charge in [-0.15, -0.1) is 0 Å². The number of carbonyl (C=O) groups is 3. The van der Waals surface area contributed by atoms with Gasteiger partial charge in [-0.25, -0.2) is 4.79 Å². The van der Waals surface area contributed by atoms with E-state index in [2.05, 4.69) is 40.7 Å². The molecule has 8 nitrogen and oxygen atoms in total. The summed E-state index contributed by atoms with van der Waals surface area (Å²) in [5.74, 6) is -1.54. The van der Waals surface area contributed by atoms with Gasteiger partial charge in [-0.3, -0.25) is 14.4 Å². The van der Waals surface area contributed by atoms with Crippen LogP contribution in [0.2, 0.25) is 0 Å². The molecule has 0 spiro atoms. The van der Waals surface area contributed by atoms with Crippen LogP contribution in [0.3, 0.4) is 0 Å². The Morgan fingerprint density at radius 3 is 2.37 bits per heavy atom. The Hall–Kier alpha value is -3.21. The van der Waals surface area contributed by atoms with Gasteiger partial charge in [-0.1, -0.05) is 53.2 Å². The van der Waals surface area contributed by atoms with Crippen molar-refractivity contribution in [2.45, 2.75) is 100 Å². The van der Waals surface area contributed by atoms with Crippen molar-refractivity contribution >= 4 is 17.5 Å². The lowest BCUT2D eigenvalue weighted by Crippen LogP contribution is -2.65. The summed E-state index contributed by atoms with van der Waals surface area (Å²) in [6.07, 6.45) is 8.90. The van der Waals surface area contributed by atoms with Crippen LogP contribution in [0.25, 0.3) is 0 Å². The molecule has 0 aliphatic heterocycles. The minimum atomic E-state index is -0.826. The summed E-state index contributed by atoms with van der Waals surface area (Å²) in [5, 5.41) is 9.83. The van der Waals surface area contributed by atoms with Crippen LogP contribution in [-0.4, -0.2) is 17.5 Å². The molecule has 6 rings (SSSR count). The van der Waals surface area contributed by atoms with Gasteiger partial charge in [0.15, 0.2) is 29.7 Å². The predicted molar refractivity (Wildman–Crippen MR) is 156 cm³/mol. The number of ether oxygens (including phenoxy) is 1. The van der Waals surface area contributed by atoms with E-state index < -0.39 is 22.1 Å². The zero-order valence-electron chi connectivity index (χ0n) is 26.4. The zero-order chi connectivity index (χ0) is 31.3. The third kappa shape index (κ3) is 3.98. The van der Waals surface area contributed by atoms with Gasteiger partial charge in [-0.2, -0.15) is 5.26 Å². The maximum Gasteiger partial charge on any atom is 0.519 e. The van der Waals surface area contributed by atoms with Gasteiger partial charge in [-0.05, 0) is 86.0 Å². The molecule has 1 heterocycles. The first-order chi connectivity index (χ1) is 20.0. The second kappa shape index (κ2) is 9.39. The number of hydrogen-bond donors (Lipinski definition) is 0. The maximum atomic E-state index is 14.6. The van der Waals surface area contributed by atoms with Crippen molar-refractivity contribution in [3.8, 4) is 6.07 Å². The van der Waals surface area contributed by atoms with Gasteiger partial charge in [0, 0.05) is 17.3 Å². The Balaban J connectivity index is 1.43. The predicted octanol–water partition coefficient (Wildman–Crippen LogP) is 6.41. The first kappa shape index (κ1) is 29.8. The van der Waals surface area contributed by atoms with Crippen LogP contribution in [0.5, 0.6) is 0 Å². The number of rotatable bonds is 3. The summed E-state index contributed by atoms with van der Waals surface area (Å²) in [6, 6.07) is 2.14. The molecule has 3 fully saturated rings. The van der Waals surface area contributed by atoms with Crippen LogP contribution in [0.15, 0.2) is 36.9 Å². The fourth-order valence-corrected chi connectivity index (χ4v) is 10.4. The number of allylic oxidation sites excluding steroid dienone is 4. The number of aryl methyl sites for hydroxylation is 1. The standard InChI is InChI=1S/C35H43NO7/c1-19-22-8-9-33(6)26(32(22,5)15-21(17-36)28(19)38)14-24(37)27-23-16-31(3,4)10-12-35(23,13-11-34(27,33)7)29(39)41-18-25-20(2)42-30(40)43-25/h14-15,19,22-23,27H,8-13,16,18H2,1-7H3/t19-,22?,23?,27?,32+,33-,34?,35+/m1/s1. The highest BCUT2D eigenvalue weighted by Gasteiger charge is 2.70. The van der Waals surface area contributed by atoms with Gasteiger partial charge in [0.05, 0.1) is 11.0 Å². The summed E-state index contributed by atoms with van der Waals surface area (Å²) >= 11 is 0. The normalized spacial score (nSPS) is 41.4. The quantitative estimate of drug-likeness (QED) is 0.370. The third-order valence-electron chi connectivity index (χ3n) is 13.1. The largest absolute Gasteiger partial charge is 0.519 e. The molecule has 4 unspecified atom stereocenters. The van der Waals surface area contributed by atoms with Crippen LogP contribution in [0.4, 0.5) is 0 Å². The number of fused-ring (bicyclic) bond motifs is 7. The summed E-state index contributed by atoms with van der Waals surface area (Å²) < 4.78 is 15.9. The molecule has 0 amide bonds. The van der Waals surface area contributed by atoms with E-state index in [0.29, 0.717) is 19.3 Å². The van der Waals surface area contributed by atoms with Gasteiger partial charge in [0.2, 0.25) is 0 Å². The molecule has 8 atom stereocenters. The lowest BCUT2D eigenvalue weighted by Gasteiger charge is -2.68. The molecule has 43 heavy (non-hydrogen) atoms. The van der Waals surface area contributed by atoms with Crippen LogP contribution in [0.1, 0.15) is 98.0 Å². The van der Waals surface area contributed by atoms with Crippen molar-refractivity contribution in [1.29, 1.82) is 5.26 Å². The van der Waals surface area contributed by atoms with E-state index in [1.54, 1.807) is 6.92 Å². The number of esters is 1. The van der Waals surface area contributed by atoms with E-state index in [1.165, 1.54) is 0 Å². The molecule has 0 saturated heterocycles. The minimum absolute atomic E-state index is 0.0297. The van der Waals surface area contributed by atoms with E-state index in [1.807, 2.05) is 19.1 Å². The molecule has 3 saturated carbocycles. The van der Waals surface area contributed by atoms with E-state index in [9.17, 15) is 24.4 Å². The van der Waals surface area contributed by atoms with Crippen molar-refractivity contribution in [3.63, 3.8) is 0 Å². The molecule has 8 heteroatoms. The fourth-order valence-electron chi connectivity index (χ4n) is 10.4. The van der Waals surface area contributed by atoms with Crippen molar-refractivity contribution in [2.24, 2.45) is 50.7 Å². The minimum Gasteiger partial charge on any atom is -0.457 e. The van der Waals surface area contributed by atoms with E-state index >= 15 is 0 Å². The Morgan fingerprint density at radius 2 is 1.72 bits per heavy atom. The van der Waals surface area contributed by atoms with Crippen molar-refractivity contribution in [1.82, 2.24) is 0 Å². The first-order valence-electron chi connectivity index (χ1n) is 15.7. The van der Waals surface area contributed by atoms with Crippen molar-refractivity contribution in [3.05, 3.63) is 45.4 Å². The van der Waals surface area contributed by atoms with Crippen molar-refractivity contribution in [2.75, 3.05) is 0 Å². The van der Waals surface area contributed by atoms with Crippen molar-refractivity contribution < 1.29 is 28.0 Å². The smallest absolute Gasteiger partial charge is 0.457 e. The summed E-state index contributed by atoms with van der Waals surface area (Å²) in [7, 11) is 0. The molecular weight excluding hydrogens is 546 g/mol. The number of ketones is 2. The highest BCUT2D eigenvalue weighted by molar-refractivity contribution is 6.02. The van der Waals surface area contributed by atoms with Crippen LogP contribution >= 0.6 is 0 Å². The van der Waals surface area contributed by atoms with E-state index in [-0.39, 0.29) is 75.7 Å². The number of nitrogens with zero attached hydrogens (tertiary/aromatic N) is 1. The zero-order valence-corrected chi connectivity index (χ0v) is 26.4. The monoisotopic (exact) mass is 589 g/mol. The summed E-state index contributed by atoms with van der Waals surface area (Å²) in [4.78, 5) is 53.2. The number of Topliss-reactive ketones (excluding diaryl/α,β-unsaturated/α-hetero) is 1. The van der Waals surface area contributed by atoms with Crippen LogP contribution < -0.4 is 5.82 Å². The molecule has 5 aliphatic rings.